The molecule has 0 radical (unpaired) electrons. The summed E-state index contributed by atoms with van der Waals surface area (Å²) >= 11 is 0. The molecule has 25 heavy (non-hydrogen) atoms. The Bertz CT molecular complexity index is 778. The third kappa shape index (κ3) is 3.09. The van der Waals surface area contributed by atoms with E-state index in [1.165, 1.54) is 32.1 Å². The van der Waals surface area contributed by atoms with Gasteiger partial charge in [-0.05, 0) is 72.5 Å². The van der Waals surface area contributed by atoms with E-state index in [1.807, 2.05) is 12.1 Å². The average Bonchev–Trinajstić information content (AvgIpc) is 2.93. The van der Waals surface area contributed by atoms with Crippen molar-refractivity contribution in [2.45, 2.75) is 46.0 Å². The molecule has 5 rings (SSSR count). The smallest absolute Gasteiger partial charge is 0.193 e. The third-order valence-electron chi connectivity index (χ3n) is 6.68. The highest BCUT2D eigenvalue weighted by Gasteiger charge is 2.57. The minimum atomic E-state index is 0.459. The summed E-state index contributed by atoms with van der Waals surface area (Å²) in [5, 5.41) is 5.49. The van der Waals surface area contributed by atoms with Crippen molar-refractivity contribution >= 4 is 24.3 Å². The molecule has 4 aliphatic rings. The van der Waals surface area contributed by atoms with E-state index in [2.05, 4.69) is 37.9 Å². The first-order valence-electron chi connectivity index (χ1n) is 9.82. The molecule has 134 valence electrons. The zero-order valence-electron chi connectivity index (χ0n) is 15.6. The van der Waals surface area contributed by atoms with Gasteiger partial charge in [0.05, 0.1) is 0 Å². The monoisotopic (exact) mass is 337 g/mol. The molecule has 0 aromatic heterocycles. The van der Waals surface area contributed by atoms with Crippen molar-refractivity contribution in [3.05, 3.63) is 28.6 Å². The minimum absolute atomic E-state index is 0.459. The topological polar surface area (TPSA) is 50.4 Å². The van der Waals surface area contributed by atoms with Crippen LogP contribution in [0.15, 0.2) is 23.2 Å². The van der Waals surface area contributed by atoms with E-state index in [9.17, 15) is 0 Å². The number of anilines is 1. The number of aliphatic imine (C=N–C) groups is 1. The van der Waals surface area contributed by atoms with Crippen LogP contribution in [0.4, 0.5) is 5.69 Å². The van der Waals surface area contributed by atoms with Crippen LogP contribution < -0.4 is 21.5 Å². The highest BCUT2D eigenvalue weighted by atomic mass is 15.1. The van der Waals surface area contributed by atoms with Crippen molar-refractivity contribution in [2.75, 3.05) is 11.9 Å². The SMILES string of the molecule is C=c1cccc(NC(N)=NCC23CC4CC(CC2C4)C3)/c1=C/C(C)C. The van der Waals surface area contributed by atoms with Gasteiger partial charge in [-0.2, -0.15) is 0 Å². The van der Waals surface area contributed by atoms with Crippen molar-refractivity contribution in [3.63, 3.8) is 0 Å². The predicted octanol–water partition coefficient (Wildman–Crippen LogP) is 3.09. The number of nitrogens with zero attached hydrogens (tertiary/aromatic N) is 1. The Morgan fingerprint density at radius 3 is 2.72 bits per heavy atom. The predicted molar refractivity (Wildman–Crippen MR) is 107 cm³/mol. The second kappa shape index (κ2) is 6.19. The van der Waals surface area contributed by atoms with E-state index >= 15 is 0 Å². The molecule has 0 saturated heterocycles. The maximum absolute atomic E-state index is 6.26. The van der Waals surface area contributed by atoms with E-state index in [0.717, 1.165) is 40.4 Å². The summed E-state index contributed by atoms with van der Waals surface area (Å²) in [6, 6.07) is 6.12. The lowest BCUT2D eigenvalue weighted by atomic mass is 9.75. The number of nitrogens with two attached hydrogens (primary N) is 1. The molecule has 3 nitrogen and oxygen atoms in total. The summed E-state index contributed by atoms with van der Waals surface area (Å²) in [7, 11) is 0. The van der Waals surface area contributed by atoms with Crippen LogP contribution in [0.25, 0.3) is 12.7 Å². The van der Waals surface area contributed by atoms with Gasteiger partial charge in [0.15, 0.2) is 5.96 Å². The number of hydrogen-bond acceptors (Lipinski definition) is 1. The average molecular weight is 338 g/mol. The fourth-order valence-electron chi connectivity index (χ4n) is 5.90. The van der Waals surface area contributed by atoms with Gasteiger partial charge in [-0.3, -0.25) is 4.99 Å². The molecule has 3 heteroatoms. The van der Waals surface area contributed by atoms with Crippen LogP contribution in [0, 0.1) is 29.1 Å². The van der Waals surface area contributed by atoms with Gasteiger partial charge in [0.1, 0.15) is 0 Å². The Labute approximate surface area is 151 Å². The second-order valence-corrected chi connectivity index (χ2v) is 9.02. The van der Waals surface area contributed by atoms with Crippen LogP contribution >= 0.6 is 0 Å². The molecule has 0 amide bonds. The molecule has 4 saturated carbocycles. The maximum Gasteiger partial charge on any atom is 0.193 e. The van der Waals surface area contributed by atoms with Gasteiger partial charge in [-0.15, -0.1) is 0 Å². The number of benzene rings is 1. The van der Waals surface area contributed by atoms with Gasteiger partial charge in [0.25, 0.3) is 0 Å². The lowest BCUT2D eigenvalue weighted by Crippen LogP contribution is -2.34. The van der Waals surface area contributed by atoms with Gasteiger partial charge in [0, 0.05) is 17.5 Å². The number of guanidine groups is 1. The molecule has 4 aliphatic carbocycles. The second-order valence-electron chi connectivity index (χ2n) is 9.02. The Morgan fingerprint density at radius 2 is 2.04 bits per heavy atom. The molecular formula is C22H31N3. The summed E-state index contributed by atoms with van der Waals surface area (Å²) in [6.07, 6.45) is 9.35. The first kappa shape index (κ1) is 16.7. The summed E-state index contributed by atoms with van der Waals surface area (Å²) < 4.78 is 0. The molecule has 4 bridgehead atoms. The van der Waals surface area contributed by atoms with Crippen LogP contribution in [-0.4, -0.2) is 12.5 Å². The van der Waals surface area contributed by atoms with Gasteiger partial charge in [-0.1, -0.05) is 38.6 Å². The van der Waals surface area contributed by atoms with Crippen molar-refractivity contribution in [3.8, 4) is 0 Å². The standard InChI is InChI=1S/C22H31N3/c1-14(2)7-19-15(3)5-4-6-20(19)25-21(23)24-13-22-11-16-8-17(12-22)10-18(22)9-16/h4-7,14,16-18H,3,8-13H2,1-2H3,(H3,23,24,25)/b19-7+. The van der Waals surface area contributed by atoms with Crippen molar-refractivity contribution in [1.29, 1.82) is 0 Å². The molecule has 4 fully saturated rings. The highest BCUT2D eigenvalue weighted by molar-refractivity contribution is 5.92. The molecule has 0 heterocycles. The zero-order chi connectivity index (χ0) is 17.6. The lowest BCUT2D eigenvalue weighted by Gasteiger charge is -2.31. The van der Waals surface area contributed by atoms with Crippen molar-refractivity contribution < 1.29 is 0 Å². The van der Waals surface area contributed by atoms with Gasteiger partial charge in [0.2, 0.25) is 0 Å². The molecule has 0 spiro atoms. The van der Waals surface area contributed by atoms with Crippen LogP contribution in [0.5, 0.6) is 0 Å². The van der Waals surface area contributed by atoms with Crippen LogP contribution in [0.2, 0.25) is 0 Å². The maximum atomic E-state index is 6.26. The van der Waals surface area contributed by atoms with Gasteiger partial charge < -0.3 is 11.1 Å². The molecule has 2 atom stereocenters. The van der Waals surface area contributed by atoms with E-state index in [-0.39, 0.29) is 0 Å². The van der Waals surface area contributed by atoms with Crippen LogP contribution in [0.3, 0.4) is 0 Å². The van der Waals surface area contributed by atoms with E-state index < -0.39 is 0 Å². The molecule has 3 N–H and O–H groups in total. The molecule has 1 aromatic rings. The van der Waals surface area contributed by atoms with Gasteiger partial charge >= 0.3 is 0 Å². The lowest BCUT2D eigenvalue weighted by molar-refractivity contribution is 0.210. The molecule has 1 aromatic carbocycles. The van der Waals surface area contributed by atoms with E-state index in [0.29, 0.717) is 17.3 Å². The highest BCUT2D eigenvalue weighted by Crippen LogP contribution is 2.65. The first-order valence-corrected chi connectivity index (χ1v) is 9.82. The summed E-state index contributed by atoms with van der Waals surface area (Å²) in [4.78, 5) is 4.79. The molecule has 2 unspecified atom stereocenters. The fraction of sp³-hybridized carbons (Fsp3) is 0.591. The normalized spacial score (nSPS) is 34.3. The first-order chi connectivity index (χ1) is 11.9. The van der Waals surface area contributed by atoms with Crippen molar-refractivity contribution in [2.24, 2.45) is 39.8 Å². The van der Waals surface area contributed by atoms with E-state index in [4.69, 9.17) is 10.7 Å². The van der Waals surface area contributed by atoms with E-state index in [1.54, 1.807) is 0 Å². The Hall–Kier alpha value is -1.77. The number of rotatable bonds is 4. The fourth-order valence-corrected chi connectivity index (χ4v) is 5.90. The Balaban J connectivity index is 1.52. The Kier molecular flexibility index (Phi) is 4.13. The van der Waals surface area contributed by atoms with Crippen molar-refractivity contribution in [1.82, 2.24) is 0 Å². The van der Waals surface area contributed by atoms with Crippen LogP contribution in [-0.2, 0) is 0 Å². The zero-order valence-corrected chi connectivity index (χ0v) is 15.6. The third-order valence-corrected chi connectivity index (χ3v) is 6.68. The summed E-state index contributed by atoms with van der Waals surface area (Å²) in [5.74, 6) is 3.85. The molecular weight excluding hydrogens is 306 g/mol. The molecule has 0 aliphatic heterocycles. The summed E-state index contributed by atoms with van der Waals surface area (Å²) in [5.41, 5.74) is 7.73. The largest absolute Gasteiger partial charge is 0.370 e. The van der Waals surface area contributed by atoms with Crippen LogP contribution in [0.1, 0.15) is 46.0 Å². The van der Waals surface area contributed by atoms with Gasteiger partial charge in [-0.25, -0.2) is 0 Å². The number of nitrogens with one attached hydrogen (secondary N) is 1. The number of hydrogen-bond donors (Lipinski definition) is 2. The quantitative estimate of drug-likeness (QED) is 0.655. The Morgan fingerprint density at radius 1 is 1.32 bits per heavy atom. The minimum Gasteiger partial charge on any atom is -0.370 e. The summed E-state index contributed by atoms with van der Waals surface area (Å²) in [6.45, 7) is 9.41.